The van der Waals surface area contributed by atoms with E-state index >= 15 is 0 Å². The van der Waals surface area contributed by atoms with Crippen LogP contribution in [0, 0.1) is 0 Å². The van der Waals surface area contributed by atoms with Crippen molar-refractivity contribution in [1.82, 2.24) is 0 Å². The molecule has 0 rings (SSSR count). The summed E-state index contributed by atoms with van der Waals surface area (Å²) in [6, 6.07) is 0. The molecule has 0 spiro atoms. The molecule has 0 aromatic rings. The van der Waals surface area contributed by atoms with Crippen LogP contribution < -0.4 is 0 Å². The Balaban J connectivity index is 6.09. The van der Waals surface area contributed by atoms with Crippen molar-refractivity contribution in [3.05, 3.63) is 0 Å². The molecule has 0 amide bonds. The van der Waals surface area contributed by atoms with E-state index in [1.54, 1.807) is 0 Å². The van der Waals surface area contributed by atoms with Gasteiger partial charge in [0.2, 0.25) is 0 Å². The van der Waals surface area contributed by atoms with E-state index in [9.17, 15) is 0 Å². The Bertz CT molecular complexity index is 325. The molecule has 0 aliphatic heterocycles. The van der Waals surface area contributed by atoms with Crippen LogP contribution >= 0.6 is 0 Å². The van der Waals surface area contributed by atoms with Crippen molar-refractivity contribution >= 4 is 9.05 Å². The minimum Gasteiger partial charge on any atom is -0.346 e. The van der Waals surface area contributed by atoms with Gasteiger partial charge in [-0.3, -0.25) is 0 Å². The maximum atomic E-state index is 6.56. The van der Waals surface area contributed by atoms with E-state index in [0.29, 0.717) is 0 Å². The zero-order valence-corrected chi connectivity index (χ0v) is 20.0. The Labute approximate surface area is 158 Å². The van der Waals surface area contributed by atoms with Gasteiger partial charge in [-0.25, -0.2) is 0 Å². The minimum absolute atomic E-state index is 0.385. The molecule has 0 unspecified atom stereocenters. The highest BCUT2D eigenvalue weighted by Gasteiger charge is 2.57. The van der Waals surface area contributed by atoms with Crippen LogP contribution in [0.3, 0.4) is 0 Å². The third kappa shape index (κ3) is 9.00. The quantitative estimate of drug-likeness (QED) is 0.378. The van der Waals surface area contributed by atoms with Gasteiger partial charge in [0.25, 0.3) is 0 Å². The Morgan fingerprint density at radius 1 is 0.440 bits per heavy atom. The third-order valence-electron chi connectivity index (χ3n) is 5.01. The van der Waals surface area contributed by atoms with E-state index < -0.39 is 9.05 Å². The first kappa shape index (κ1) is 25.1. The second-order valence-corrected chi connectivity index (χ2v) is 11.2. The Kier molecular flexibility index (Phi) is 8.85. The number of hydrogen-bond acceptors (Lipinski definition) is 4. The van der Waals surface area contributed by atoms with Crippen LogP contribution in [0.25, 0.3) is 0 Å². The summed E-state index contributed by atoms with van der Waals surface area (Å²) in [5, 5.41) is 0. The number of rotatable bonds is 12. The maximum Gasteiger partial charge on any atom is 0.681 e. The molecule has 0 aromatic heterocycles. The van der Waals surface area contributed by atoms with Crippen LogP contribution in [-0.2, 0) is 17.7 Å². The molecule has 0 fully saturated rings. The molecular weight excluding hydrogens is 332 g/mol. The second kappa shape index (κ2) is 8.83. The largest absolute Gasteiger partial charge is 0.681 e. The smallest absolute Gasteiger partial charge is 0.346 e. The summed E-state index contributed by atoms with van der Waals surface area (Å²) in [5.74, 6) is 0. The average molecular weight is 377 g/mol. The van der Waals surface area contributed by atoms with Gasteiger partial charge < -0.3 is 17.7 Å². The van der Waals surface area contributed by atoms with Crippen molar-refractivity contribution in [2.75, 3.05) is 0 Å². The SMILES string of the molecule is CCC(C)(C)O[Si](OC(C)(C)CC)(OC(C)(C)CC)OC(C)(C)CC. The first-order chi connectivity index (χ1) is 11.1. The van der Waals surface area contributed by atoms with Crippen LogP contribution in [-0.4, -0.2) is 31.5 Å². The molecule has 152 valence electrons. The van der Waals surface area contributed by atoms with Gasteiger partial charge in [-0.15, -0.1) is 0 Å². The molecule has 0 aromatic carbocycles. The first-order valence-electron chi connectivity index (χ1n) is 9.88. The third-order valence-corrected chi connectivity index (χ3v) is 8.22. The molecular formula is C20H44O4Si. The van der Waals surface area contributed by atoms with E-state index in [4.69, 9.17) is 17.7 Å². The van der Waals surface area contributed by atoms with E-state index in [-0.39, 0.29) is 22.4 Å². The fourth-order valence-corrected chi connectivity index (χ4v) is 5.30. The summed E-state index contributed by atoms with van der Waals surface area (Å²) in [4.78, 5) is 0. The molecule has 25 heavy (non-hydrogen) atoms. The van der Waals surface area contributed by atoms with Gasteiger partial charge in [0.15, 0.2) is 0 Å². The van der Waals surface area contributed by atoms with Crippen molar-refractivity contribution < 1.29 is 17.7 Å². The van der Waals surface area contributed by atoms with Crippen LogP contribution in [0.15, 0.2) is 0 Å². The Hall–Kier alpha value is 0.0569. The summed E-state index contributed by atoms with van der Waals surface area (Å²) >= 11 is 0. The highest BCUT2D eigenvalue weighted by Crippen LogP contribution is 2.36. The van der Waals surface area contributed by atoms with E-state index in [1.165, 1.54) is 0 Å². The van der Waals surface area contributed by atoms with E-state index in [2.05, 4.69) is 83.1 Å². The van der Waals surface area contributed by atoms with Crippen molar-refractivity contribution in [2.45, 2.75) is 131 Å². The molecule has 0 saturated heterocycles. The summed E-state index contributed by atoms with van der Waals surface area (Å²) in [6.45, 7) is 25.0. The lowest BCUT2D eigenvalue weighted by atomic mass is 10.1. The van der Waals surface area contributed by atoms with Crippen molar-refractivity contribution in [1.29, 1.82) is 0 Å². The number of hydrogen-bond donors (Lipinski definition) is 0. The lowest BCUT2D eigenvalue weighted by molar-refractivity contribution is -0.169. The van der Waals surface area contributed by atoms with Gasteiger partial charge >= 0.3 is 9.05 Å². The lowest BCUT2D eigenvalue weighted by Gasteiger charge is -2.46. The van der Waals surface area contributed by atoms with Crippen molar-refractivity contribution in [3.8, 4) is 0 Å². The minimum atomic E-state index is -3.42. The topological polar surface area (TPSA) is 36.9 Å². The molecule has 0 saturated carbocycles. The predicted octanol–water partition coefficient (Wildman–Crippen LogP) is 6.24. The monoisotopic (exact) mass is 376 g/mol. The fourth-order valence-electron chi connectivity index (χ4n) is 1.77. The zero-order chi connectivity index (χ0) is 20.2. The van der Waals surface area contributed by atoms with Crippen LogP contribution in [0.1, 0.15) is 109 Å². The van der Waals surface area contributed by atoms with Crippen LogP contribution in [0.5, 0.6) is 0 Å². The molecule has 5 heteroatoms. The Morgan fingerprint density at radius 3 is 0.720 bits per heavy atom. The summed E-state index contributed by atoms with van der Waals surface area (Å²) in [7, 11) is -3.42. The van der Waals surface area contributed by atoms with Gasteiger partial charge in [0, 0.05) is 0 Å². The van der Waals surface area contributed by atoms with Gasteiger partial charge in [0.1, 0.15) is 0 Å². The fraction of sp³-hybridized carbons (Fsp3) is 1.00. The average Bonchev–Trinajstić information content (AvgIpc) is 2.45. The highest BCUT2D eigenvalue weighted by atomic mass is 28.4. The standard InChI is InChI=1S/C20H44O4Si/c1-13-17(5,6)21-25(22-18(7,8)14-2,23-19(9,10)15-3)24-20(11,12)16-4/h13-16H2,1-12H3. The summed E-state index contributed by atoms with van der Waals surface area (Å²) in [5.41, 5.74) is -1.54. The van der Waals surface area contributed by atoms with Gasteiger partial charge in [0.05, 0.1) is 22.4 Å². The molecule has 0 heterocycles. The van der Waals surface area contributed by atoms with Gasteiger partial charge in [-0.1, -0.05) is 27.7 Å². The molecule has 0 N–H and O–H groups in total. The van der Waals surface area contributed by atoms with Gasteiger partial charge in [-0.05, 0) is 81.1 Å². The highest BCUT2D eigenvalue weighted by molar-refractivity contribution is 6.54. The normalized spacial score (nSPS) is 14.9. The van der Waals surface area contributed by atoms with Crippen molar-refractivity contribution in [2.24, 2.45) is 0 Å². The molecule has 0 bridgehead atoms. The lowest BCUT2D eigenvalue weighted by Crippen LogP contribution is -2.63. The first-order valence-corrected chi connectivity index (χ1v) is 11.5. The van der Waals surface area contributed by atoms with Crippen LogP contribution in [0.4, 0.5) is 0 Å². The molecule has 4 nitrogen and oxygen atoms in total. The molecule has 0 radical (unpaired) electrons. The summed E-state index contributed by atoms with van der Waals surface area (Å²) in [6.07, 6.45) is 3.40. The van der Waals surface area contributed by atoms with Gasteiger partial charge in [-0.2, -0.15) is 0 Å². The van der Waals surface area contributed by atoms with E-state index in [0.717, 1.165) is 25.7 Å². The summed E-state index contributed by atoms with van der Waals surface area (Å²) < 4.78 is 26.2. The molecule has 0 aliphatic rings. The maximum absolute atomic E-state index is 6.56. The van der Waals surface area contributed by atoms with E-state index in [1.807, 2.05) is 0 Å². The zero-order valence-electron chi connectivity index (χ0n) is 19.0. The second-order valence-electron chi connectivity index (χ2n) is 9.36. The Morgan fingerprint density at radius 2 is 0.600 bits per heavy atom. The van der Waals surface area contributed by atoms with Crippen LogP contribution in [0.2, 0.25) is 0 Å². The van der Waals surface area contributed by atoms with Crippen molar-refractivity contribution in [3.63, 3.8) is 0 Å². The molecule has 0 aliphatic carbocycles. The predicted molar refractivity (Wildman–Crippen MR) is 108 cm³/mol. The molecule has 0 atom stereocenters.